The second-order valence-electron chi connectivity index (χ2n) is 11.9. The van der Waals surface area contributed by atoms with Crippen LogP contribution in [0, 0.1) is 17.6 Å². The van der Waals surface area contributed by atoms with E-state index in [1.165, 1.54) is 0 Å². The van der Waals surface area contributed by atoms with E-state index in [4.69, 9.17) is 10.5 Å². The Morgan fingerprint density at radius 3 is 2.70 bits per heavy atom. The van der Waals surface area contributed by atoms with E-state index >= 15 is 4.39 Å². The number of thiazole rings is 1. The van der Waals surface area contributed by atoms with Gasteiger partial charge in [0, 0.05) is 42.1 Å². The summed E-state index contributed by atoms with van der Waals surface area (Å²) in [7, 11) is 0. The highest BCUT2D eigenvalue weighted by atomic mass is 32.1. The van der Waals surface area contributed by atoms with Gasteiger partial charge in [0.15, 0.2) is 10.9 Å². The normalized spacial score (nSPS) is 25.5. The molecule has 0 radical (unpaired) electrons. The predicted molar refractivity (Wildman–Crippen MR) is 153 cm³/mol. The smallest absolute Gasteiger partial charge is 0.417 e. The molecule has 1 aliphatic carbocycles. The number of anilines is 2. The van der Waals surface area contributed by atoms with Crippen LogP contribution < -0.4 is 15.8 Å². The van der Waals surface area contributed by atoms with Gasteiger partial charge in [-0.05, 0) is 56.3 Å². The number of aromatic nitrogens is 3. The van der Waals surface area contributed by atoms with Gasteiger partial charge in [-0.2, -0.15) is 23.1 Å². The molecule has 15 heteroatoms. The van der Waals surface area contributed by atoms with Crippen LogP contribution in [0.1, 0.15) is 37.7 Å². The molecule has 3 fully saturated rings. The number of fused-ring (bicyclic) bond motifs is 3. The second-order valence-corrected chi connectivity index (χ2v) is 12.9. The van der Waals surface area contributed by atoms with Crippen molar-refractivity contribution in [3.63, 3.8) is 0 Å². The summed E-state index contributed by atoms with van der Waals surface area (Å²) < 4.78 is 95.1. The Balaban J connectivity index is 1.38. The van der Waals surface area contributed by atoms with Crippen LogP contribution in [0.15, 0.2) is 18.2 Å². The molecular formula is C29H28F6N6O2S. The highest BCUT2D eigenvalue weighted by Crippen LogP contribution is 2.46. The molecule has 2 aromatic carbocycles. The second kappa shape index (κ2) is 10.6. The van der Waals surface area contributed by atoms with Gasteiger partial charge >= 0.3 is 12.2 Å². The van der Waals surface area contributed by atoms with Crippen molar-refractivity contribution in [2.24, 2.45) is 5.92 Å². The molecule has 3 aliphatic rings. The Labute approximate surface area is 251 Å². The average Bonchev–Trinajstić information content (AvgIpc) is 3.61. The molecule has 0 bridgehead atoms. The summed E-state index contributed by atoms with van der Waals surface area (Å²) >= 11 is 0.743. The van der Waals surface area contributed by atoms with Crippen molar-refractivity contribution in [1.29, 1.82) is 0 Å². The monoisotopic (exact) mass is 638 g/mol. The van der Waals surface area contributed by atoms with E-state index < -0.39 is 46.2 Å². The lowest BCUT2D eigenvalue weighted by molar-refractivity contribution is -0.137. The number of alkyl halides is 4. The first kappa shape index (κ1) is 29.3. The molecule has 8 nitrogen and oxygen atoms in total. The summed E-state index contributed by atoms with van der Waals surface area (Å²) in [6, 6.07) is 2.26. The van der Waals surface area contributed by atoms with E-state index in [-0.39, 0.29) is 76.3 Å². The highest BCUT2D eigenvalue weighted by Gasteiger charge is 2.49. The first-order chi connectivity index (χ1) is 21.0. The van der Waals surface area contributed by atoms with Crippen molar-refractivity contribution < 1.29 is 36.2 Å². The van der Waals surface area contributed by atoms with Gasteiger partial charge < -0.3 is 20.9 Å². The van der Waals surface area contributed by atoms with Gasteiger partial charge in [-0.25, -0.2) is 18.2 Å². The third-order valence-corrected chi connectivity index (χ3v) is 9.96. The Kier molecular flexibility index (Phi) is 7.05. The number of hydrogen-bond donors (Lipinski definition) is 3. The van der Waals surface area contributed by atoms with Crippen molar-refractivity contribution in [2.75, 3.05) is 37.4 Å². The van der Waals surface area contributed by atoms with E-state index in [9.17, 15) is 27.1 Å². The van der Waals surface area contributed by atoms with Crippen LogP contribution in [-0.2, 0) is 6.18 Å². The standard InChI is InChI=1S/C29H28F6N6O2S/c30-14-9-28(4-1-5-41(28)10-14)12-43-27-39-22-17(25(40-27)37-15-6-13(7-15)11-42)8-18(29(33,34)35)20(21(22)32)16-2-3-19(31)24-23(16)38-26(36)44-24/h2-3,8,13-15,42H,1,4-7,9-12H2,(H2,36,38)(H,37,39,40)/t13?,14-,15?,28+/m1/s1. The van der Waals surface area contributed by atoms with Crippen LogP contribution in [-0.4, -0.2) is 69.0 Å². The van der Waals surface area contributed by atoms with Crippen molar-refractivity contribution in [3.8, 4) is 17.1 Å². The maximum Gasteiger partial charge on any atom is 0.417 e. The zero-order chi connectivity index (χ0) is 31.0. The molecule has 7 rings (SSSR count). The Bertz CT molecular complexity index is 1760. The van der Waals surface area contributed by atoms with E-state index in [0.29, 0.717) is 25.8 Å². The lowest BCUT2D eigenvalue weighted by atomic mass is 9.81. The van der Waals surface area contributed by atoms with Gasteiger partial charge in [-0.1, -0.05) is 11.3 Å². The summed E-state index contributed by atoms with van der Waals surface area (Å²) in [5.74, 6) is -2.08. The molecule has 0 amide bonds. The van der Waals surface area contributed by atoms with Gasteiger partial charge in [0.2, 0.25) is 0 Å². The van der Waals surface area contributed by atoms with Gasteiger partial charge in [0.25, 0.3) is 0 Å². The number of ether oxygens (including phenoxy) is 1. The number of nitrogens with zero attached hydrogens (tertiary/aromatic N) is 4. The molecule has 44 heavy (non-hydrogen) atoms. The fourth-order valence-electron chi connectivity index (χ4n) is 6.91. The minimum absolute atomic E-state index is 0.0280. The number of aliphatic hydroxyl groups is 1. The number of halogens is 6. The molecule has 1 saturated carbocycles. The fourth-order valence-corrected chi connectivity index (χ4v) is 7.67. The molecule has 2 aliphatic heterocycles. The van der Waals surface area contributed by atoms with E-state index in [2.05, 4.69) is 20.3 Å². The Morgan fingerprint density at radius 1 is 1.16 bits per heavy atom. The van der Waals surface area contributed by atoms with Gasteiger partial charge in [-0.3, -0.25) is 4.90 Å². The summed E-state index contributed by atoms with van der Waals surface area (Å²) in [6.07, 6.45) is -3.13. The molecule has 4 aromatic rings. The van der Waals surface area contributed by atoms with Crippen LogP contribution in [0.2, 0.25) is 0 Å². The summed E-state index contributed by atoms with van der Waals surface area (Å²) in [5, 5.41) is 12.2. The molecule has 2 saturated heterocycles. The largest absolute Gasteiger partial charge is 0.461 e. The van der Waals surface area contributed by atoms with E-state index in [1.807, 2.05) is 4.90 Å². The van der Waals surface area contributed by atoms with Gasteiger partial charge in [-0.15, -0.1) is 0 Å². The molecule has 2 atom stereocenters. The van der Waals surface area contributed by atoms with Crippen LogP contribution in [0.4, 0.5) is 37.3 Å². The van der Waals surface area contributed by atoms with E-state index in [0.717, 1.165) is 36.0 Å². The third-order valence-electron chi connectivity index (χ3n) is 9.06. The third kappa shape index (κ3) is 4.88. The number of nitrogens with one attached hydrogen (secondary N) is 1. The molecule has 234 valence electrons. The maximum atomic E-state index is 16.6. The molecule has 4 heterocycles. The lowest BCUT2D eigenvalue weighted by Crippen LogP contribution is -2.43. The SMILES string of the molecule is Nc1nc2c(-c3c(C(F)(F)F)cc4c(NC5CC(CO)C5)nc(OC[C@@]56CCCN5C[C@H](F)C6)nc4c3F)ccc(F)c2s1. The minimum Gasteiger partial charge on any atom is -0.461 e. The quantitative estimate of drug-likeness (QED) is 0.214. The lowest BCUT2D eigenvalue weighted by Gasteiger charge is -2.35. The zero-order valence-corrected chi connectivity index (χ0v) is 24.0. The molecular weight excluding hydrogens is 610 g/mol. The maximum absolute atomic E-state index is 16.6. The first-order valence-electron chi connectivity index (χ1n) is 14.3. The van der Waals surface area contributed by atoms with Crippen molar-refractivity contribution >= 4 is 43.4 Å². The zero-order valence-electron chi connectivity index (χ0n) is 23.2. The topological polar surface area (TPSA) is 109 Å². The van der Waals surface area contributed by atoms with Gasteiger partial charge in [0.1, 0.15) is 29.9 Å². The van der Waals surface area contributed by atoms with Gasteiger partial charge in [0.05, 0.1) is 21.3 Å². The average molecular weight is 639 g/mol. The summed E-state index contributed by atoms with van der Waals surface area (Å²) in [4.78, 5) is 14.6. The van der Waals surface area contributed by atoms with Crippen LogP contribution in [0.25, 0.3) is 32.2 Å². The number of nitrogens with two attached hydrogens (primary N) is 1. The van der Waals surface area contributed by atoms with Crippen LogP contribution in [0.3, 0.4) is 0 Å². The van der Waals surface area contributed by atoms with Crippen molar-refractivity contribution in [2.45, 2.75) is 56.0 Å². The number of rotatable bonds is 7. The van der Waals surface area contributed by atoms with Crippen molar-refractivity contribution in [3.05, 3.63) is 35.4 Å². The summed E-state index contributed by atoms with van der Waals surface area (Å²) in [6.45, 7) is 0.997. The van der Waals surface area contributed by atoms with Crippen molar-refractivity contribution in [1.82, 2.24) is 19.9 Å². The number of hydrogen-bond acceptors (Lipinski definition) is 9. The molecule has 4 N–H and O–H groups in total. The number of benzene rings is 2. The molecule has 0 unspecified atom stereocenters. The fraction of sp³-hybridized carbons (Fsp3) is 0.483. The summed E-state index contributed by atoms with van der Waals surface area (Å²) in [5.41, 5.74) is 2.09. The van der Waals surface area contributed by atoms with Crippen LogP contribution in [0.5, 0.6) is 6.01 Å². The first-order valence-corrected chi connectivity index (χ1v) is 15.1. The predicted octanol–water partition coefficient (Wildman–Crippen LogP) is 5.92. The Hall–Kier alpha value is -3.43. The highest BCUT2D eigenvalue weighted by molar-refractivity contribution is 7.22. The molecule has 2 aromatic heterocycles. The van der Waals surface area contributed by atoms with Crippen LogP contribution >= 0.6 is 11.3 Å². The van der Waals surface area contributed by atoms with E-state index in [1.54, 1.807) is 0 Å². The molecule has 0 spiro atoms. The minimum atomic E-state index is -5.02. The number of nitrogen functional groups attached to an aromatic ring is 1. The Morgan fingerprint density at radius 2 is 1.95 bits per heavy atom. The number of aliphatic hydroxyl groups excluding tert-OH is 1.